The van der Waals surface area contributed by atoms with Crippen LogP contribution in [0.4, 0.5) is 0 Å². The zero-order chi connectivity index (χ0) is 12.0. The van der Waals surface area contributed by atoms with E-state index in [9.17, 15) is 0 Å². The Bertz CT molecular complexity index is 347. The lowest BCUT2D eigenvalue weighted by molar-refractivity contribution is 0.399. The number of rotatable bonds is 6. The van der Waals surface area contributed by atoms with Crippen molar-refractivity contribution in [3.63, 3.8) is 0 Å². The minimum absolute atomic E-state index is 0.289. The fourth-order valence-corrected chi connectivity index (χ4v) is 1.86. The van der Waals surface area contributed by atoms with Crippen molar-refractivity contribution in [3.8, 4) is 5.75 Å². The summed E-state index contributed by atoms with van der Waals surface area (Å²) in [5, 5.41) is 3.45. The lowest BCUT2D eigenvalue weighted by atomic mass is 10.0. The molecule has 1 aromatic carbocycles. The molecular weight excluding hydrogens is 198 g/mol. The van der Waals surface area contributed by atoms with E-state index in [1.54, 1.807) is 7.11 Å². The van der Waals surface area contributed by atoms with E-state index < -0.39 is 0 Å². The molecule has 88 valence electrons. The van der Waals surface area contributed by atoms with Crippen LogP contribution in [-0.2, 0) is 0 Å². The van der Waals surface area contributed by atoms with Crippen molar-refractivity contribution in [2.45, 2.75) is 26.3 Å². The maximum atomic E-state index is 5.40. The first-order valence-corrected chi connectivity index (χ1v) is 5.71. The Morgan fingerprint density at radius 2 is 2.25 bits per heavy atom. The molecule has 1 atom stereocenters. The Labute approximate surface area is 98.3 Å². The fraction of sp³-hybridized carbons (Fsp3) is 0.429. The van der Waals surface area contributed by atoms with Crippen molar-refractivity contribution in [1.29, 1.82) is 0 Å². The maximum Gasteiger partial charge on any atom is 0.123 e. The number of methoxy groups -OCH3 is 1. The van der Waals surface area contributed by atoms with E-state index >= 15 is 0 Å². The Morgan fingerprint density at radius 3 is 2.81 bits per heavy atom. The molecule has 1 unspecified atom stereocenters. The van der Waals surface area contributed by atoms with Crippen LogP contribution in [0.1, 0.15) is 30.5 Å². The Balaban J connectivity index is 3.04. The summed E-state index contributed by atoms with van der Waals surface area (Å²) in [5.41, 5.74) is 2.46. The van der Waals surface area contributed by atoms with Gasteiger partial charge in [-0.1, -0.05) is 30.7 Å². The van der Waals surface area contributed by atoms with Crippen molar-refractivity contribution >= 4 is 0 Å². The Kier molecular flexibility index (Phi) is 5.06. The third-order valence-corrected chi connectivity index (χ3v) is 2.61. The average Bonchev–Trinajstić information content (AvgIpc) is 2.29. The molecule has 0 fully saturated rings. The van der Waals surface area contributed by atoms with Crippen LogP contribution in [0.2, 0.25) is 0 Å². The van der Waals surface area contributed by atoms with Gasteiger partial charge in [-0.25, -0.2) is 0 Å². The largest absolute Gasteiger partial charge is 0.496 e. The molecule has 0 radical (unpaired) electrons. The number of ether oxygens (including phenoxy) is 1. The highest BCUT2D eigenvalue weighted by Gasteiger charge is 2.13. The summed E-state index contributed by atoms with van der Waals surface area (Å²) in [4.78, 5) is 0. The molecule has 0 saturated carbocycles. The second-order valence-corrected chi connectivity index (χ2v) is 3.88. The van der Waals surface area contributed by atoms with Crippen LogP contribution in [0.3, 0.4) is 0 Å². The molecular formula is C14H21NO. The molecule has 1 N–H and O–H groups in total. The maximum absolute atomic E-state index is 5.40. The Hall–Kier alpha value is -1.28. The fourth-order valence-electron chi connectivity index (χ4n) is 1.86. The monoisotopic (exact) mass is 219 g/mol. The zero-order valence-electron chi connectivity index (χ0n) is 10.4. The van der Waals surface area contributed by atoms with E-state index in [0.29, 0.717) is 0 Å². The smallest absolute Gasteiger partial charge is 0.123 e. The molecule has 2 nitrogen and oxygen atoms in total. The first-order chi connectivity index (χ1) is 7.72. The van der Waals surface area contributed by atoms with Gasteiger partial charge in [0.25, 0.3) is 0 Å². The van der Waals surface area contributed by atoms with Crippen LogP contribution in [0.25, 0.3) is 0 Å². The second-order valence-electron chi connectivity index (χ2n) is 3.88. The highest BCUT2D eigenvalue weighted by atomic mass is 16.5. The van der Waals surface area contributed by atoms with Crippen LogP contribution in [0.15, 0.2) is 30.9 Å². The Morgan fingerprint density at radius 1 is 1.50 bits per heavy atom. The first kappa shape index (κ1) is 12.8. The third kappa shape index (κ3) is 3.11. The van der Waals surface area contributed by atoms with Crippen LogP contribution in [0.5, 0.6) is 5.75 Å². The van der Waals surface area contributed by atoms with Crippen LogP contribution >= 0.6 is 0 Å². The standard InChI is InChI=1S/C14H21NO/c1-5-7-13(15-6-2)12-10-11(3)8-9-14(12)16-4/h5,8-10,13,15H,1,6-7H2,2-4H3. The lowest BCUT2D eigenvalue weighted by Crippen LogP contribution is -2.21. The van der Waals surface area contributed by atoms with E-state index in [2.05, 4.69) is 37.9 Å². The summed E-state index contributed by atoms with van der Waals surface area (Å²) in [7, 11) is 1.71. The molecule has 16 heavy (non-hydrogen) atoms. The summed E-state index contributed by atoms with van der Waals surface area (Å²) in [6, 6.07) is 6.56. The van der Waals surface area contributed by atoms with Gasteiger partial charge in [0.15, 0.2) is 0 Å². The van der Waals surface area contributed by atoms with Crippen molar-refractivity contribution in [3.05, 3.63) is 42.0 Å². The number of benzene rings is 1. The lowest BCUT2D eigenvalue weighted by Gasteiger charge is -2.19. The van der Waals surface area contributed by atoms with Crippen LogP contribution < -0.4 is 10.1 Å². The molecule has 0 amide bonds. The minimum atomic E-state index is 0.289. The van der Waals surface area contributed by atoms with Crippen molar-refractivity contribution in [2.75, 3.05) is 13.7 Å². The van der Waals surface area contributed by atoms with E-state index in [-0.39, 0.29) is 6.04 Å². The predicted molar refractivity (Wildman–Crippen MR) is 69.0 cm³/mol. The molecule has 0 aliphatic rings. The van der Waals surface area contributed by atoms with Gasteiger partial charge < -0.3 is 10.1 Å². The third-order valence-electron chi connectivity index (χ3n) is 2.61. The summed E-state index contributed by atoms with van der Waals surface area (Å²) in [6.45, 7) is 8.95. The zero-order valence-corrected chi connectivity index (χ0v) is 10.4. The van der Waals surface area contributed by atoms with Crippen LogP contribution in [0, 0.1) is 6.92 Å². The SMILES string of the molecule is C=CCC(NCC)c1cc(C)ccc1OC. The van der Waals surface area contributed by atoms with Crippen molar-refractivity contribution in [2.24, 2.45) is 0 Å². The topological polar surface area (TPSA) is 21.3 Å². The highest BCUT2D eigenvalue weighted by Crippen LogP contribution is 2.28. The molecule has 0 spiro atoms. The minimum Gasteiger partial charge on any atom is -0.496 e. The van der Waals surface area contributed by atoms with E-state index in [1.165, 1.54) is 11.1 Å². The normalized spacial score (nSPS) is 12.2. The van der Waals surface area contributed by atoms with Gasteiger partial charge in [0.1, 0.15) is 5.75 Å². The van der Waals surface area contributed by atoms with Gasteiger partial charge in [0, 0.05) is 11.6 Å². The van der Waals surface area contributed by atoms with Gasteiger partial charge in [0.05, 0.1) is 7.11 Å². The van der Waals surface area contributed by atoms with Crippen molar-refractivity contribution in [1.82, 2.24) is 5.32 Å². The molecule has 1 aromatic rings. The predicted octanol–water partition coefficient (Wildman–Crippen LogP) is 3.23. The van der Waals surface area contributed by atoms with E-state index in [0.717, 1.165) is 18.7 Å². The van der Waals surface area contributed by atoms with Crippen molar-refractivity contribution < 1.29 is 4.74 Å². The molecule has 0 bridgehead atoms. The molecule has 0 heterocycles. The number of aryl methyl sites for hydroxylation is 1. The molecule has 0 saturated heterocycles. The van der Waals surface area contributed by atoms with Gasteiger partial charge in [-0.3, -0.25) is 0 Å². The quantitative estimate of drug-likeness (QED) is 0.742. The number of nitrogens with one attached hydrogen (secondary N) is 1. The van der Waals surface area contributed by atoms with Gasteiger partial charge in [0.2, 0.25) is 0 Å². The molecule has 0 aromatic heterocycles. The number of hydrogen-bond donors (Lipinski definition) is 1. The summed E-state index contributed by atoms with van der Waals surface area (Å²) in [6.07, 6.45) is 2.85. The van der Waals surface area contributed by atoms with Gasteiger partial charge in [-0.2, -0.15) is 0 Å². The van der Waals surface area contributed by atoms with Gasteiger partial charge in [-0.15, -0.1) is 6.58 Å². The average molecular weight is 219 g/mol. The summed E-state index contributed by atoms with van der Waals surface area (Å²) in [5.74, 6) is 0.943. The molecule has 0 aliphatic carbocycles. The summed E-state index contributed by atoms with van der Waals surface area (Å²) < 4.78 is 5.40. The van der Waals surface area contributed by atoms with Crippen LogP contribution in [-0.4, -0.2) is 13.7 Å². The summed E-state index contributed by atoms with van der Waals surface area (Å²) >= 11 is 0. The van der Waals surface area contributed by atoms with Gasteiger partial charge in [-0.05, 0) is 26.0 Å². The molecule has 1 rings (SSSR count). The van der Waals surface area contributed by atoms with E-state index in [1.807, 2.05) is 12.1 Å². The van der Waals surface area contributed by atoms with Gasteiger partial charge >= 0.3 is 0 Å². The van der Waals surface area contributed by atoms with E-state index in [4.69, 9.17) is 4.74 Å². The second kappa shape index (κ2) is 6.33. The first-order valence-electron chi connectivity index (χ1n) is 5.71. The molecule has 0 aliphatic heterocycles. The highest BCUT2D eigenvalue weighted by molar-refractivity contribution is 5.39. The molecule has 2 heteroatoms. The number of hydrogen-bond acceptors (Lipinski definition) is 2.